The first-order valence-corrected chi connectivity index (χ1v) is 7.88. The third-order valence-corrected chi connectivity index (χ3v) is 5.40. The number of hydrogen-bond donors (Lipinski definition) is 1. The van der Waals surface area contributed by atoms with Crippen molar-refractivity contribution in [3.05, 3.63) is 55.6 Å². The van der Waals surface area contributed by atoms with E-state index in [1.165, 1.54) is 14.2 Å². The van der Waals surface area contributed by atoms with Gasteiger partial charge in [-0.2, -0.15) is 0 Å². The van der Waals surface area contributed by atoms with Crippen molar-refractivity contribution >= 4 is 38.9 Å². The van der Waals surface area contributed by atoms with Gasteiger partial charge in [0.2, 0.25) is 0 Å². The van der Waals surface area contributed by atoms with Crippen LogP contribution in [0.3, 0.4) is 0 Å². The van der Waals surface area contributed by atoms with E-state index >= 15 is 0 Å². The summed E-state index contributed by atoms with van der Waals surface area (Å²) in [6.45, 7) is 2.09. The van der Waals surface area contributed by atoms with Crippen LogP contribution in [0.25, 0.3) is 0 Å². The lowest BCUT2D eigenvalue weighted by atomic mass is 9.72. The minimum Gasteiger partial charge on any atom is -0.315 e. The third-order valence-electron chi connectivity index (χ3n) is 3.52. The first-order chi connectivity index (χ1) is 8.68. The van der Waals surface area contributed by atoms with Gasteiger partial charge in [0, 0.05) is 28.4 Å². The number of benzene rings is 1. The summed E-state index contributed by atoms with van der Waals surface area (Å²) in [5.74, 6) is 0. The second-order valence-electron chi connectivity index (χ2n) is 4.77. The van der Waals surface area contributed by atoms with Crippen LogP contribution in [0.4, 0.5) is 0 Å². The second-order valence-corrected chi connectivity index (χ2v) is 7.76. The van der Waals surface area contributed by atoms with E-state index in [0.29, 0.717) is 0 Å². The molecular formula is C14H13BrClNS. The zero-order valence-electron chi connectivity index (χ0n) is 9.75. The lowest BCUT2D eigenvalue weighted by molar-refractivity contribution is 0.276. The van der Waals surface area contributed by atoms with Crippen LogP contribution in [-0.2, 0) is 11.8 Å². The van der Waals surface area contributed by atoms with Crippen molar-refractivity contribution in [2.75, 3.05) is 13.1 Å². The molecule has 0 unspecified atom stereocenters. The summed E-state index contributed by atoms with van der Waals surface area (Å²) in [7, 11) is 0. The van der Waals surface area contributed by atoms with Crippen molar-refractivity contribution in [2.45, 2.75) is 11.8 Å². The molecule has 1 aromatic carbocycles. The standard InChI is InChI=1S/C14H13BrClNS/c15-13-6-5-12(18-13)7-14(8-17-9-14)10-1-3-11(16)4-2-10/h1-6,17H,7-9H2. The molecule has 1 aromatic heterocycles. The molecule has 18 heavy (non-hydrogen) atoms. The Kier molecular flexibility index (Phi) is 3.50. The van der Waals surface area contributed by atoms with Gasteiger partial charge in [-0.05, 0) is 52.2 Å². The van der Waals surface area contributed by atoms with E-state index in [1.807, 2.05) is 23.5 Å². The Morgan fingerprint density at radius 3 is 2.39 bits per heavy atom. The zero-order chi connectivity index (χ0) is 12.6. The zero-order valence-corrected chi connectivity index (χ0v) is 12.9. The van der Waals surface area contributed by atoms with Gasteiger partial charge in [0.05, 0.1) is 3.79 Å². The minimum absolute atomic E-state index is 0.245. The highest BCUT2D eigenvalue weighted by Crippen LogP contribution is 2.35. The molecular weight excluding hydrogens is 330 g/mol. The van der Waals surface area contributed by atoms with E-state index in [1.54, 1.807) is 0 Å². The van der Waals surface area contributed by atoms with Gasteiger partial charge in [0.1, 0.15) is 0 Å². The fraction of sp³-hybridized carbons (Fsp3) is 0.286. The smallest absolute Gasteiger partial charge is 0.0701 e. The van der Waals surface area contributed by atoms with Crippen molar-refractivity contribution < 1.29 is 0 Å². The summed E-state index contributed by atoms with van der Waals surface area (Å²) in [5, 5.41) is 4.21. The first kappa shape index (κ1) is 12.7. The summed E-state index contributed by atoms with van der Waals surface area (Å²) in [5.41, 5.74) is 1.63. The van der Waals surface area contributed by atoms with Gasteiger partial charge in [0.25, 0.3) is 0 Å². The molecule has 3 rings (SSSR count). The van der Waals surface area contributed by atoms with Crippen LogP contribution in [0.1, 0.15) is 10.4 Å². The molecule has 2 aromatic rings. The molecule has 1 aliphatic heterocycles. The van der Waals surface area contributed by atoms with Crippen LogP contribution in [0, 0.1) is 0 Å². The molecule has 0 radical (unpaired) electrons. The number of halogens is 2. The summed E-state index contributed by atoms with van der Waals surface area (Å²) in [4.78, 5) is 1.43. The summed E-state index contributed by atoms with van der Waals surface area (Å²) >= 11 is 11.3. The molecule has 1 saturated heterocycles. The molecule has 0 bridgehead atoms. The maximum absolute atomic E-state index is 5.97. The molecule has 94 valence electrons. The molecule has 0 amide bonds. The van der Waals surface area contributed by atoms with Crippen molar-refractivity contribution in [3.63, 3.8) is 0 Å². The molecule has 1 aliphatic rings. The summed E-state index contributed by atoms with van der Waals surface area (Å²) in [6.07, 6.45) is 1.10. The van der Waals surface area contributed by atoms with Crippen LogP contribution < -0.4 is 5.32 Å². The van der Waals surface area contributed by atoms with E-state index in [-0.39, 0.29) is 5.41 Å². The van der Waals surface area contributed by atoms with Gasteiger partial charge in [-0.1, -0.05) is 23.7 Å². The fourth-order valence-corrected chi connectivity index (χ4v) is 4.19. The molecule has 0 spiro atoms. The van der Waals surface area contributed by atoms with Crippen molar-refractivity contribution in [2.24, 2.45) is 0 Å². The Labute approximate surface area is 124 Å². The average molecular weight is 343 g/mol. The van der Waals surface area contributed by atoms with Crippen molar-refractivity contribution in [1.82, 2.24) is 5.32 Å². The van der Waals surface area contributed by atoms with Crippen molar-refractivity contribution in [3.8, 4) is 0 Å². The quantitative estimate of drug-likeness (QED) is 0.879. The van der Waals surface area contributed by atoms with Crippen LogP contribution in [-0.4, -0.2) is 13.1 Å². The SMILES string of the molecule is Clc1ccc(C2(Cc3ccc(Br)s3)CNC2)cc1. The second kappa shape index (κ2) is 4.97. The number of thiophene rings is 1. The third kappa shape index (κ3) is 2.37. The van der Waals surface area contributed by atoms with E-state index in [2.05, 4.69) is 45.5 Å². The molecule has 0 atom stereocenters. The molecule has 0 saturated carbocycles. The average Bonchev–Trinajstić information content (AvgIpc) is 2.71. The predicted molar refractivity (Wildman–Crippen MR) is 81.7 cm³/mol. The lowest BCUT2D eigenvalue weighted by Crippen LogP contribution is -2.58. The largest absolute Gasteiger partial charge is 0.315 e. The Balaban J connectivity index is 1.88. The monoisotopic (exact) mass is 341 g/mol. The molecule has 4 heteroatoms. The molecule has 2 heterocycles. The topological polar surface area (TPSA) is 12.0 Å². The fourth-order valence-electron chi connectivity index (χ4n) is 2.44. The number of nitrogens with one attached hydrogen (secondary N) is 1. The Hall–Kier alpha value is -0.350. The van der Waals surface area contributed by atoms with E-state index in [4.69, 9.17) is 11.6 Å². The van der Waals surface area contributed by atoms with Crippen LogP contribution in [0.2, 0.25) is 5.02 Å². The van der Waals surface area contributed by atoms with Gasteiger partial charge >= 0.3 is 0 Å². The Morgan fingerprint density at radius 2 is 1.89 bits per heavy atom. The van der Waals surface area contributed by atoms with Gasteiger partial charge in [-0.25, -0.2) is 0 Å². The normalized spacial score (nSPS) is 17.4. The number of rotatable bonds is 3. The van der Waals surface area contributed by atoms with E-state index < -0.39 is 0 Å². The summed E-state index contributed by atoms with van der Waals surface area (Å²) in [6, 6.07) is 12.6. The Bertz CT molecular complexity index is 545. The van der Waals surface area contributed by atoms with Crippen molar-refractivity contribution in [1.29, 1.82) is 0 Å². The highest BCUT2D eigenvalue weighted by molar-refractivity contribution is 9.11. The molecule has 0 aliphatic carbocycles. The highest BCUT2D eigenvalue weighted by Gasteiger charge is 2.38. The molecule has 1 fully saturated rings. The summed E-state index contributed by atoms with van der Waals surface area (Å²) < 4.78 is 1.20. The highest BCUT2D eigenvalue weighted by atomic mass is 79.9. The van der Waals surface area contributed by atoms with Gasteiger partial charge in [0.15, 0.2) is 0 Å². The van der Waals surface area contributed by atoms with E-state index in [0.717, 1.165) is 24.5 Å². The first-order valence-electron chi connectivity index (χ1n) is 5.89. The Morgan fingerprint density at radius 1 is 1.17 bits per heavy atom. The van der Waals surface area contributed by atoms with Gasteiger partial charge in [-0.3, -0.25) is 0 Å². The minimum atomic E-state index is 0.245. The van der Waals surface area contributed by atoms with Crippen LogP contribution >= 0.6 is 38.9 Å². The van der Waals surface area contributed by atoms with Crippen LogP contribution in [0.5, 0.6) is 0 Å². The lowest BCUT2D eigenvalue weighted by Gasteiger charge is -2.43. The molecule has 1 nitrogen and oxygen atoms in total. The van der Waals surface area contributed by atoms with Crippen LogP contribution in [0.15, 0.2) is 40.2 Å². The maximum Gasteiger partial charge on any atom is 0.0701 e. The molecule has 1 N–H and O–H groups in total. The van der Waals surface area contributed by atoms with Gasteiger partial charge < -0.3 is 5.32 Å². The number of hydrogen-bond acceptors (Lipinski definition) is 2. The predicted octanol–water partition coefficient (Wildman–Crippen LogP) is 4.25. The van der Waals surface area contributed by atoms with Gasteiger partial charge in [-0.15, -0.1) is 11.3 Å². The van der Waals surface area contributed by atoms with E-state index in [9.17, 15) is 0 Å². The maximum atomic E-state index is 5.97.